The Kier molecular flexibility index (Phi) is 5.03. The lowest BCUT2D eigenvalue weighted by molar-refractivity contribution is -0.218. The van der Waals surface area contributed by atoms with E-state index in [1.807, 2.05) is 0 Å². The molecule has 6 nitrogen and oxygen atoms in total. The van der Waals surface area contributed by atoms with Crippen molar-refractivity contribution in [2.24, 2.45) is 17.3 Å². The molecule has 3 unspecified atom stereocenters. The predicted octanol–water partition coefficient (Wildman–Crippen LogP) is 3.60. The summed E-state index contributed by atoms with van der Waals surface area (Å²) >= 11 is 0. The van der Waals surface area contributed by atoms with E-state index in [1.165, 1.54) is 0 Å². The van der Waals surface area contributed by atoms with Crippen LogP contribution in [0.25, 0.3) is 0 Å². The summed E-state index contributed by atoms with van der Waals surface area (Å²) < 4.78 is 5.02. The molecule has 1 fully saturated rings. The number of ether oxygens (including phenoxy) is 1. The van der Waals surface area contributed by atoms with E-state index >= 15 is 0 Å². The van der Waals surface area contributed by atoms with E-state index in [0.29, 0.717) is 11.8 Å². The first-order chi connectivity index (χ1) is 8.70. The molecule has 19 heavy (non-hydrogen) atoms. The quantitative estimate of drug-likeness (QED) is 0.447. The molecule has 0 saturated heterocycles. The number of hydrogen-bond donors (Lipinski definition) is 1. The SMILES string of the molecule is CC1CC(OC(=O)OOC(=O)O)CCC1C(C)(C)C. The van der Waals surface area contributed by atoms with Gasteiger partial charge >= 0.3 is 12.3 Å². The smallest absolute Gasteiger partial charge is 0.447 e. The van der Waals surface area contributed by atoms with Crippen LogP contribution in [-0.2, 0) is 14.5 Å². The van der Waals surface area contributed by atoms with Crippen molar-refractivity contribution < 1.29 is 29.2 Å². The lowest BCUT2D eigenvalue weighted by Gasteiger charge is -2.41. The van der Waals surface area contributed by atoms with Gasteiger partial charge in [-0.15, -0.1) is 0 Å². The fraction of sp³-hybridized carbons (Fsp3) is 0.846. The van der Waals surface area contributed by atoms with Crippen LogP contribution in [0.1, 0.15) is 47.0 Å². The van der Waals surface area contributed by atoms with Crippen LogP contribution in [0.5, 0.6) is 0 Å². The standard InChI is InChI=1S/C13H22O6/c1-8-7-9(5-6-10(8)13(2,3)4)17-12(16)19-18-11(14)15/h8-10H,5-7H2,1-4H3,(H,14,15). The minimum absolute atomic E-state index is 0.233. The van der Waals surface area contributed by atoms with Gasteiger partial charge in [-0.3, -0.25) is 0 Å². The Bertz CT molecular complexity index is 333. The van der Waals surface area contributed by atoms with Gasteiger partial charge in [0.1, 0.15) is 6.10 Å². The number of carbonyl (C=O) groups excluding carboxylic acids is 1. The Labute approximate surface area is 112 Å². The van der Waals surface area contributed by atoms with Crippen molar-refractivity contribution in [2.75, 3.05) is 0 Å². The molecule has 1 aliphatic carbocycles. The van der Waals surface area contributed by atoms with Crippen LogP contribution in [0.15, 0.2) is 0 Å². The second-order valence-electron chi connectivity index (χ2n) is 6.19. The molecule has 0 aromatic rings. The van der Waals surface area contributed by atoms with Crippen molar-refractivity contribution >= 4 is 12.3 Å². The Balaban J connectivity index is 2.40. The maximum atomic E-state index is 11.2. The van der Waals surface area contributed by atoms with Crippen molar-refractivity contribution in [2.45, 2.75) is 53.1 Å². The maximum Gasteiger partial charge on any atom is 0.550 e. The van der Waals surface area contributed by atoms with E-state index in [-0.39, 0.29) is 11.5 Å². The molecule has 6 heteroatoms. The number of rotatable bonds is 1. The topological polar surface area (TPSA) is 82.1 Å². The summed E-state index contributed by atoms with van der Waals surface area (Å²) in [6.45, 7) is 8.78. The third-order valence-corrected chi connectivity index (χ3v) is 3.68. The summed E-state index contributed by atoms with van der Waals surface area (Å²) in [5.74, 6) is 1.02. The lowest BCUT2D eigenvalue weighted by atomic mass is 9.66. The van der Waals surface area contributed by atoms with Crippen molar-refractivity contribution in [3.8, 4) is 0 Å². The average Bonchev–Trinajstić information content (AvgIpc) is 2.24. The lowest BCUT2D eigenvalue weighted by Crippen LogP contribution is -2.36. The zero-order valence-corrected chi connectivity index (χ0v) is 11.8. The zero-order valence-electron chi connectivity index (χ0n) is 11.8. The number of carbonyl (C=O) groups is 2. The summed E-state index contributed by atoms with van der Waals surface area (Å²) in [6, 6.07) is 0. The van der Waals surface area contributed by atoms with E-state index in [9.17, 15) is 9.59 Å². The van der Waals surface area contributed by atoms with Gasteiger partial charge in [-0.25, -0.2) is 9.68 Å². The van der Waals surface area contributed by atoms with Crippen LogP contribution in [0, 0.1) is 17.3 Å². The van der Waals surface area contributed by atoms with E-state index in [1.54, 1.807) is 0 Å². The Morgan fingerprint density at radius 3 is 2.26 bits per heavy atom. The van der Waals surface area contributed by atoms with E-state index < -0.39 is 12.3 Å². The molecule has 110 valence electrons. The van der Waals surface area contributed by atoms with E-state index in [0.717, 1.165) is 19.3 Å². The molecule has 1 aliphatic rings. The minimum Gasteiger partial charge on any atom is -0.447 e. The average molecular weight is 274 g/mol. The first kappa shape index (κ1) is 15.6. The van der Waals surface area contributed by atoms with Crippen LogP contribution in [0.4, 0.5) is 9.59 Å². The molecule has 0 bridgehead atoms. The zero-order chi connectivity index (χ0) is 14.6. The number of carboxylic acid groups (broad SMARTS) is 1. The summed E-state index contributed by atoms with van der Waals surface area (Å²) in [5.41, 5.74) is 0.233. The molecule has 1 N–H and O–H groups in total. The highest BCUT2D eigenvalue weighted by Gasteiger charge is 2.36. The minimum atomic E-state index is -1.68. The summed E-state index contributed by atoms with van der Waals surface area (Å²) in [5, 5.41) is 8.18. The highest BCUT2D eigenvalue weighted by Crippen LogP contribution is 2.42. The molecule has 0 aliphatic heterocycles. The van der Waals surface area contributed by atoms with E-state index in [2.05, 4.69) is 37.5 Å². The Hall–Kier alpha value is -1.46. The first-order valence-corrected chi connectivity index (χ1v) is 6.48. The second-order valence-corrected chi connectivity index (χ2v) is 6.19. The molecule has 0 radical (unpaired) electrons. The Morgan fingerprint density at radius 2 is 1.79 bits per heavy atom. The first-order valence-electron chi connectivity index (χ1n) is 6.48. The van der Waals surface area contributed by atoms with Crippen molar-refractivity contribution in [3.05, 3.63) is 0 Å². The van der Waals surface area contributed by atoms with Gasteiger partial charge in [0, 0.05) is 0 Å². The fourth-order valence-electron chi connectivity index (χ4n) is 2.97. The van der Waals surface area contributed by atoms with E-state index in [4.69, 9.17) is 9.84 Å². The van der Waals surface area contributed by atoms with Gasteiger partial charge in [0.05, 0.1) is 0 Å². The number of hydrogen-bond acceptors (Lipinski definition) is 5. The molecule has 1 rings (SSSR count). The van der Waals surface area contributed by atoms with Gasteiger partial charge < -0.3 is 9.84 Å². The molecular weight excluding hydrogens is 252 g/mol. The maximum absolute atomic E-state index is 11.2. The van der Waals surface area contributed by atoms with Crippen LogP contribution in [0.2, 0.25) is 0 Å². The van der Waals surface area contributed by atoms with Gasteiger partial charge in [-0.05, 0) is 36.5 Å². The fourth-order valence-corrected chi connectivity index (χ4v) is 2.97. The molecule has 1 saturated carbocycles. The molecular formula is C13H22O6. The molecule has 0 aromatic carbocycles. The third-order valence-electron chi connectivity index (χ3n) is 3.68. The summed E-state index contributed by atoms with van der Waals surface area (Å²) in [6.07, 6.45) is -0.532. The van der Waals surface area contributed by atoms with Gasteiger partial charge in [-0.1, -0.05) is 27.7 Å². The van der Waals surface area contributed by atoms with Crippen LogP contribution < -0.4 is 0 Å². The summed E-state index contributed by atoms with van der Waals surface area (Å²) in [4.78, 5) is 28.9. The van der Waals surface area contributed by atoms with Gasteiger partial charge in [0.25, 0.3) is 0 Å². The van der Waals surface area contributed by atoms with Gasteiger partial charge in [-0.2, -0.15) is 9.68 Å². The summed E-state index contributed by atoms with van der Waals surface area (Å²) in [7, 11) is 0. The second kappa shape index (κ2) is 6.12. The van der Waals surface area contributed by atoms with Crippen molar-refractivity contribution in [3.63, 3.8) is 0 Å². The monoisotopic (exact) mass is 274 g/mol. The Morgan fingerprint density at radius 1 is 1.16 bits per heavy atom. The van der Waals surface area contributed by atoms with Gasteiger partial charge in [0.15, 0.2) is 0 Å². The molecule has 0 aromatic heterocycles. The highest BCUT2D eigenvalue weighted by atomic mass is 17.3. The van der Waals surface area contributed by atoms with Crippen LogP contribution in [-0.4, -0.2) is 23.5 Å². The predicted molar refractivity (Wildman–Crippen MR) is 66.4 cm³/mol. The molecule has 0 amide bonds. The van der Waals surface area contributed by atoms with Crippen molar-refractivity contribution in [1.29, 1.82) is 0 Å². The van der Waals surface area contributed by atoms with Gasteiger partial charge in [0.2, 0.25) is 0 Å². The normalized spacial score (nSPS) is 27.5. The molecule has 3 atom stereocenters. The van der Waals surface area contributed by atoms with Crippen molar-refractivity contribution in [1.82, 2.24) is 0 Å². The molecule has 0 heterocycles. The molecule has 0 spiro atoms. The largest absolute Gasteiger partial charge is 0.550 e. The third kappa shape index (κ3) is 4.96. The highest BCUT2D eigenvalue weighted by molar-refractivity contribution is 5.62. The van der Waals surface area contributed by atoms with Crippen LogP contribution >= 0.6 is 0 Å². The van der Waals surface area contributed by atoms with Crippen LogP contribution in [0.3, 0.4) is 0 Å².